The number of halogens is 3. The van der Waals surface area contributed by atoms with Crippen LogP contribution in [0.1, 0.15) is 17.3 Å². The molecule has 11 nitrogen and oxygen atoms in total. The van der Waals surface area contributed by atoms with E-state index in [9.17, 15) is 9.18 Å². The number of nitrogens with zero attached hydrogens (tertiary/aromatic N) is 3. The smallest absolute Gasteiger partial charge is 0.289 e. The summed E-state index contributed by atoms with van der Waals surface area (Å²) in [5, 5.41) is 12.0. The minimum Gasteiger partial charge on any atom is -0.477 e. The first kappa shape index (κ1) is 26.7. The molecule has 1 aliphatic rings. The number of amides is 1. The molecule has 1 aromatic carbocycles. The highest BCUT2D eigenvalue weighted by Crippen LogP contribution is 2.39. The van der Waals surface area contributed by atoms with Gasteiger partial charge in [0, 0.05) is 47.5 Å². The number of carbonyl (C=O) groups excluding carboxylic acids is 1. The van der Waals surface area contributed by atoms with Crippen molar-refractivity contribution >= 4 is 28.6 Å². The number of nitrogens with two attached hydrogens (primary N) is 1. The van der Waals surface area contributed by atoms with Gasteiger partial charge in [-0.05, 0) is 19.1 Å². The van der Waals surface area contributed by atoms with E-state index in [0.29, 0.717) is 22.2 Å². The number of hydrogen-bond acceptors (Lipinski definition) is 9. The molecular formula is C26H23F3N6O5. The van der Waals surface area contributed by atoms with Crippen LogP contribution in [0.15, 0.2) is 47.8 Å². The molecule has 0 saturated heterocycles. The van der Waals surface area contributed by atoms with E-state index in [2.05, 4.69) is 25.3 Å². The van der Waals surface area contributed by atoms with Gasteiger partial charge in [0.15, 0.2) is 23.1 Å². The molecule has 14 heteroatoms. The first-order chi connectivity index (χ1) is 19.2. The number of aromatic nitrogens is 3. The highest BCUT2D eigenvalue weighted by atomic mass is 19.1. The molecule has 40 heavy (non-hydrogen) atoms. The molecule has 0 bridgehead atoms. The van der Waals surface area contributed by atoms with Gasteiger partial charge in [-0.25, -0.2) is 28.1 Å². The molecule has 1 amide bonds. The number of carbonyl (C=O) groups is 1. The minimum absolute atomic E-state index is 0.0559. The van der Waals surface area contributed by atoms with E-state index >= 15 is 8.78 Å². The van der Waals surface area contributed by atoms with E-state index in [4.69, 9.17) is 25.1 Å². The molecule has 0 spiro atoms. The summed E-state index contributed by atoms with van der Waals surface area (Å²) in [5.41, 5.74) is 4.76. The van der Waals surface area contributed by atoms with Gasteiger partial charge in [0.05, 0.1) is 25.1 Å². The third-order valence-corrected chi connectivity index (χ3v) is 5.96. The third kappa shape index (κ3) is 5.20. The van der Waals surface area contributed by atoms with E-state index < -0.39 is 42.2 Å². The van der Waals surface area contributed by atoms with E-state index in [1.54, 1.807) is 13.1 Å². The van der Waals surface area contributed by atoms with Crippen LogP contribution in [0.25, 0.3) is 22.2 Å². The maximum Gasteiger partial charge on any atom is 0.289 e. The number of amidine groups is 1. The fraction of sp³-hybridized carbons (Fsp3) is 0.231. The number of nitrogens with one attached hydrogen (secondary N) is 2. The Morgan fingerprint density at radius 1 is 1.27 bits per heavy atom. The molecule has 4 aromatic rings. The average Bonchev–Trinajstić information content (AvgIpc) is 3.37. The van der Waals surface area contributed by atoms with Crippen LogP contribution < -0.4 is 20.5 Å². The van der Waals surface area contributed by atoms with Crippen molar-refractivity contribution in [2.45, 2.75) is 12.6 Å². The summed E-state index contributed by atoms with van der Waals surface area (Å²) in [6.07, 6.45) is 4.44. The van der Waals surface area contributed by atoms with E-state index in [0.717, 1.165) is 12.1 Å². The number of aliphatic hydroxyl groups excluding tert-OH is 1. The van der Waals surface area contributed by atoms with Crippen LogP contribution >= 0.6 is 0 Å². The molecule has 0 fully saturated rings. The van der Waals surface area contributed by atoms with Crippen LogP contribution in [0.2, 0.25) is 0 Å². The normalized spacial score (nSPS) is 16.8. The fourth-order valence-corrected chi connectivity index (χ4v) is 4.00. The number of alkyl halides is 1. The lowest BCUT2D eigenvalue weighted by Gasteiger charge is -2.26. The summed E-state index contributed by atoms with van der Waals surface area (Å²) in [6, 6.07) is 4.68. The Kier molecular flexibility index (Phi) is 7.17. The predicted molar refractivity (Wildman–Crippen MR) is 138 cm³/mol. The zero-order chi connectivity index (χ0) is 28.4. The van der Waals surface area contributed by atoms with Crippen LogP contribution in [0.5, 0.6) is 17.4 Å². The van der Waals surface area contributed by atoms with Gasteiger partial charge in [0.1, 0.15) is 23.6 Å². The van der Waals surface area contributed by atoms with Crippen molar-refractivity contribution in [1.29, 1.82) is 0 Å². The summed E-state index contributed by atoms with van der Waals surface area (Å²) in [5.74, 6) is -3.38. The maximum atomic E-state index is 15.1. The van der Waals surface area contributed by atoms with Crippen molar-refractivity contribution in [3.63, 3.8) is 0 Å². The summed E-state index contributed by atoms with van der Waals surface area (Å²) in [4.78, 5) is 27.2. The van der Waals surface area contributed by atoms with Gasteiger partial charge < -0.3 is 35.4 Å². The lowest BCUT2D eigenvalue weighted by atomic mass is 10.0. The van der Waals surface area contributed by atoms with Gasteiger partial charge in [-0.2, -0.15) is 0 Å². The quantitative estimate of drug-likeness (QED) is 0.256. The number of rotatable bonds is 8. The minimum atomic E-state index is -2.02. The Morgan fingerprint density at radius 2 is 2.05 bits per heavy atom. The fourth-order valence-electron chi connectivity index (χ4n) is 4.00. The van der Waals surface area contributed by atoms with Crippen LogP contribution in [-0.2, 0) is 4.74 Å². The predicted octanol–water partition coefficient (Wildman–Crippen LogP) is 3.69. The molecular weight excluding hydrogens is 533 g/mol. The number of aromatic amines is 1. The lowest BCUT2D eigenvalue weighted by Crippen LogP contribution is -2.43. The molecule has 4 heterocycles. The maximum absolute atomic E-state index is 15.1. The largest absolute Gasteiger partial charge is 0.477 e. The lowest BCUT2D eigenvalue weighted by molar-refractivity contribution is 0.0181. The number of aliphatic imine (C=N–C) groups is 1. The van der Waals surface area contributed by atoms with Crippen LogP contribution in [0, 0.1) is 11.6 Å². The number of hydrogen-bond donors (Lipinski definition) is 4. The Labute approximate surface area is 224 Å². The molecule has 208 valence electrons. The Morgan fingerprint density at radius 3 is 2.70 bits per heavy atom. The van der Waals surface area contributed by atoms with Gasteiger partial charge >= 0.3 is 0 Å². The highest BCUT2D eigenvalue weighted by Gasteiger charge is 2.34. The molecule has 5 N–H and O–H groups in total. The topological polar surface area (TPSA) is 157 Å². The van der Waals surface area contributed by atoms with Crippen LogP contribution in [0.3, 0.4) is 0 Å². The molecule has 5 rings (SSSR count). The Balaban J connectivity index is 1.46. The van der Waals surface area contributed by atoms with Gasteiger partial charge in [0.2, 0.25) is 5.88 Å². The number of ether oxygens (including phenoxy) is 3. The summed E-state index contributed by atoms with van der Waals surface area (Å²) < 4.78 is 60.3. The molecule has 0 unspecified atom stereocenters. The number of aliphatic hydroxyl groups is 1. The second-order valence-corrected chi connectivity index (χ2v) is 8.82. The zero-order valence-corrected chi connectivity index (χ0v) is 21.0. The molecule has 0 aliphatic carbocycles. The van der Waals surface area contributed by atoms with Gasteiger partial charge in [0.25, 0.3) is 11.9 Å². The number of pyridine rings is 2. The van der Waals surface area contributed by atoms with E-state index in [1.165, 1.54) is 24.5 Å². The number of primary amides is 1. The summed E-state index contributed by atoms with van der Waals surface area (Å²) in [6.45, 7) is 0.396. The molecule has 1 atom stereocenters. The second kappa shape index (κ2) is 10.7. The third-order valence-electron chi connectivity index (χ3n) is 5.96. The standard InChI is InChI=1S/C26H23F3N6O5/c1-2-38-24-15(22(30)37)5-13(8-33-24)16-9-32-23-20(16)19(3-4-31-23)40-21-17(27)6-14(7-18(21)28)35-25-34-10-26(29,11-36)12-39-25/h3-9,36H,2,10-12H2,1H3,(H2,30,37)(H,31,32)(H,34,35)/t26-/m1/s1. The molecule has 3 aromatic heterocycles. The molecule has 0 radical (unpaired) electrons. The van der Waals surface area contributed by atoms with E-state index in [-0.39, 0.29) is 42.1 Å². The Bertz CT molecular complexity index is 1600. The Hall–Kier alpha value is -4.85. The number of anilines is 1. The van der Waals surface area contributed by atoms with Crippen LogP contribution in [-0.4, -0.2) is 64.0 Å². The van der Waals surface area contributed by atoms with Crippen molar-refractivity contribution in [2.75, 3.05) is 31.7 Å². The van der Waals surface area contributed by atoms with Gasteiger partial charge in [-0.15, -0.1) is 0 Å². The van der Waals surface area contributed by atoms with Crippen LogP contribution in [0.4, 0.5) is 18.9 Å². The van der Waals surface area contributed by atoms with Crippen molar-refractivity contribution in [3.8, 4) is 28.5 Å². The highest BCUT2D eigenvalue weighted by molar-refractivity contribution is 6.01. The SMILES string of the molecule is CCOc1ncc(-c2c[nH]c3nccc(Oc4c(F)cc(NC5=NC[C@@](F)(CO)CO5)cc4F)c23)cc1C(N)=O. The van der Waals surface area contributed by atoms with Crippen molar-refractivity contribution in [2.24, 2.45) is 10.7 Å². The monoisotopic (exact) mass is 556 g/mol. The zero-order valence-electron chi connectivity index (χ0n) is 21.0. The first-order valence-corrected chi connectivity index (χ1v) is 12.0. The first-order valence-electron chi connectivity index (χ1n) is 12.0. The average molecular weight is 557 g/mol. The number of H-pyrrole nitrogens is 1. The molecule has 1 aliphatic heterocycles. The van der Waals surface area contributed by atoms with Crippen molar-refractivity contribution in [1.82, 2.24) is 15.0 Å². The summed E-state index contributed by atoms with van der Waals surface area (Å²) in [7, 11) is 0. The number of benzene rings is 1. The number of fused-ring (bicyclic) bond motifs is 1. The second-order valence-electron chi connectivity index (χ2n) is 8.82. The van der Waals surface area contributed by atoms with Crippen molar-refractivity contribution < 1.29 is 37.3 Å². The summed E-state index contributed by atoms with van der Waals surface area (Å²) >= 11 is 0. The van der Waals surface area contributed by atoms with Gasteiger partial charge in [-0.1, -0.05) is 0 Å². The molecule has 0 saturated carbocycles. The van der Waals surface area contributed by atoms with Crippen molar-refractivity contribution in [3.05, 3.63) is 60.1 Å². The van der Waals surface area contributed by atoms with E-state index in [1.807, 2.05) is 0 Å². The van der Waals surface area contributed by atoms with Gasteiger partial charge in [-0.3, -0.25) is 4.79 Å².